The van der Waals surface area contributed by atoms with Gasteiger partial charge in [-0.3, -0.25) is 4.79 Å². The van der Waals surface area contributed by atoms with Crippen molar-refractivity contribution in [1.82, 2.24) is 4.90 Å². The van der Waals surface area contributed by atoms with E-state index < -0.39 is 0 Å². The molecule has 0 radical (unpaired) electrons. The predicted octanol–water partition coefficient (Wildman–Crippen LogP) is 2.50. The Labute approximate surface area is 102 Å². The summed E-state index contributed by atoms with van der Waals surface area (Å²) in [6.07, 6.45) is 3.48. The Hall–Kier alpha value is -1.51. The Bertz CT molecular complexity index is 444. The number of benzene rings is 1. The van der Waals surface area contributed by atoms with Gasteiger partial charge in [-0.25, -0.2) is 0 Å². The number of anilines is 1. The van der Waals surface area contributed by atoms with E-state index in [9.17, 15) is 4.79 Å². The first kappa shape index (κ1) is 10.6. The first-order valence-electron chi connectivity index (χ1n) is 6.43. The molecule has 2 heterocycles. The van der Waals surface area contributed by atoms with Crippen LogP contribution in [-0.4, -0.2) is 29.4 Å². The molecule has 3 rings (SSSR count). The minimum Gasteiger partial charge on any atom is -0.382 e. The third-order valence-corrected chi connectivity index (χ3v) is 3.95. The van der Waals surface area contributed by atoms with E-state index in [4.69, 9.17) is 0 Å². The van der Waals surface area contributed by atoms with Crippen LogP contribution in [0.2, 0.25) is 0 Å². The maximum Gasteiger partial charge on any atom is 0.256 e. The molecule has 0 saturated carbocycles. The Balaban J connectivity index is 2.02. The van der Waals surface area contributed by atoms with Gasteiger partial charge in [0.15, 0.2) is 0 Å². The SMILES string of the molecule is C[C@H]1CCC[C@H]2CNc3ccccc3C(=O)N21. The van der Waals surface area contributed by atoms with Crippen molar-refractivity contribution in [2.24, 2.45) is 0 Å². The van der Waals surface area contributed by atoms with Crippen LogP contribution in [0.25, 0.3) is 0 Å². The molecule has 2 aliphatic rings. The molecule has 0 spiro atoms. The molecule has 1 fully saturated rings. The fraction of sp³-hybridized carbons (Fsp3) is 0.500. The van der Waals surface area contributed by atoms with E-state index in [1.54, 1.807) is 0 Å². The summed E-state index contributed by atoms with van der Waals surface area (Å²) in [6.45, 7) is 3.05. The summed E-state index contributed by atoms with van der Waals surface area (Å²) >= 11 is 0. The first-order chi connectivity index (χ1) is 8.27. The monoisotopic (exact) mass is 230 g/mol. The van der Waals surface area contributed by atoms with Crippen molar-refractivity contribution in [2.75, 3.05) is 11.9 Å². The van der Waals surface area contributed by atoms with Gasteiger partial charge in [0.2, 0.25) is 0 Å². The molecule has 2 atom stereocenters. The lowest BCUT2D eigenvalue weighted by molar-refractivity contribution is 0.0511. The zero-order chi connectivity index (χ0) is 11.8. The fourth-order valence-electron chi connectivity index (χ4n) is 3.04. The number of hydrogen-bond acceptors (Lipinski definition) is 2. The van der Waals surface area contributed by atoms with Gasteiger partial charge in [-0.1, -0.05) is 12.1 Å². The Kier molecular flexibility index (Phi) is 2.54. The number of fused-ring (bicyclic) bond motifs is 2. The predicted molar refractivity (Wildman–Crippen MR) is 68.2 cm³/mol. The van der Waals surface area contributed by atoms with Gasteiger partial charge in [0.1, 0.15) is 0 Å². The lowest BCUT2D eigenvalue weighted by atomic mass is 9.96. The van der Waals surface area contributed by atoms with Crippen LogP contribution >= 0.6 is 0 Å². The Morgan fingerprint density at radius 1 is 1.29 bits per heavy atom. The highest BCUT2D eigenvalue weighted by Gasteiger charge is 2.35. The van der Waals surface area contributed by atoms with E-state index in [2.05, 4.69) is 17.1 Å². The minimum atomic E-state index is 0.197. The van der Waals surface area contributed by atoms with E-state index in [0.717, 1.165) is 30.6 Å². The summed E-state index contributed by atoms with van der Waals surface area (Å²) in [6, 6.07) is 8.57. The van der Waals surface area contributed by atoms with E-state index >= 15 is 0 Å². The maximum absolute atomic E-state index is 12.6. The van der Waals surface area contributed by atoms with Crippen molar-refractivity contribution < 1.29 is 4.79 Å². The third-order valence-electron chi connectivity index (χ3n) is 3.95. The second-order valence-electron chi connectivity index (χ2n) is 5.07. The van der Waals surface area contributed by atoms with Crippen LogP contribution < -0.4 is 5.32 Å². The molecule has 1 aromatic rings. The van der Waals surface area contributed by atoms with Gasteiger partial charge in [-0.15, -0.1) is 0 Å². The van der Waals surface area contributed by atoms with Gasteiger partial charge in [0, 0.05) is 24.3 Å². The Morgan fingerprint density at radius 3 is 3.00 bits per heavy atom. The van der Waals surface area contributed by atoms with E-state index in [-0.39, 0.29) is 5.91 Å². The number of rotatable bonds is 0. The molecule has 1 aromatic carbocycles. The van der Waals surface area contributed by atoms with Crippen LogP contribution in [0.15, 0.2) is 24.3 Å². The van der Waals surface area contributed by atoms with Crippen LogP contribution in [-0.2, 0) is 0 Å². The van der Waals surface area contributed by atoms with Gasteiger partial charge < -0.3 is 10.2 Å². The summed E-state index contributed by atoms with van der Waals surface area (Å²) in [5.41, 5.74) is 1.81. The molecule has 0 aliphatic carbocycles. The highest BCUT2D eigenvalue weighted by molar-refractivity contribution is 6.00. The van der Waals surface area contributed by atoms with Crippen molar-refractivity contribution in [1.29, 1.82) is 0 Å². The van der Waals surface area contributed by atoms with Crippen LogP contribution in [0, 0.1) is 0 Å². The minimum absolute atomic E-state index is 0.197. The van der Waals surface area contributed by atoms with Crippen LogP contribution in [0.5, 0.6) is 0 Å². The largest absolute Gasteiger partial charge is 0.382 e. The maximum atomic E-state index is 12.6. The summed E-state index contributed by atoms with van der Waals surface area (Å²) in [5, 5.41) is 3.41. The smallest absolute Gasteiger partial charge is 0.256 e. The molecule has 0 bridgehead atoms. The number of amides is 1. The summed E-state index contributed by atoms with van der Waals surface area (Å²) in [4.78, 5) is 14.7. The van der Waals surface area contributed by atoms with Crippen molar-refractivity contribution in [2.45, 2.75) is 38.3 Å². The number of para-hydroxylation sites is 1. The average molecular weight is 230 g/mol. The van der Waals surface area contributed by atoms with Crippen LogP contribution in [0.1, 0.15) is 36.5 Å². The molecule has 1 amide bonds. The second-order valence-corrected chi connectivity index (χ2v) is 5.07. The number of carbonyl (C=O) groups is 1. The van der Waals surface area contributed by atoms with Crippen LogP contribution in [0.4, 0.5) is 5.69 Å². The zero-order valence-electron chi connectivity index (χ0n) is 10.1. The topological polar surface area (TPSA) is 32.3 Å². The van der Waals surface area contributed by atoms with Gasteiger partial charge in [-0.2, -0.15) is 0 Å². The molecule has 17 heavy (non-hydrogen) atoms. The number of piperidine rings is 1. The van der Waals surface area contributed by atoms with Crippen molar-refractivity contribution >= 4 is 11.6 Å². The molecular weight excluding hydrogens is 212 g/mol. The lowest BCUT2D eigenvalue weighted by Crippen LogP contribution is -2.50. The molecule has 0 aromatic heterocycles. The van der Waals surface area contributed by atoms with Crippen LogP contribution in [0.3, 0.4) is 0 Å². The van der Waals surface area contributed by atoms with Gasteiger partial charge in [0.05, 0.1) is 5.56 Å². The number of carbonyl (C=O) groups excluding carboxylic acids is 1. The molecule has 3 nitrogen and oxygen atoms in total. The number of nitrogens with zero attached hydrogens (tertiary/aromatic N) is 1. The molecule has 90 valence electrons. The summed E-state index contributed by atoms with van der Waals surface area (Å²) in [5.74, 6) is 0.197. The second kappa shape index (κ2) is 4.06. The lowest BCUT2D eigenvalue weighted by Gasteiger charge is -2.39. The van der Waals surface area contributed by atoms with Crippen molar-refractivity contribution in [3.63, 3.8) is 0 Å². The highest BCUT2D eigenvalue weighted by atomic mass is 16.2. The van der Waals surface area contributed by atoms with Gasteiger partial charge in [0.25, 0.3) is 5.91 Å². The molecule has 0 unspecified atom stereocenters. The standard InChI is InChI=1S/C14H18N2O/c1-10-5-4-6-11-9-15-13-8-3-2-7-12(13)14(17)16(10)11/h2-3,7-8,10-11,15H,4-6,9H2,1H3/t10-,11-/m0/s1. The zero-order valence-corrected chi connectivity index (χ0v) is 10.1. The highest BCUT2D eigenvalue weighted by Crippen LogP contribution is 2.30. The van der Waals surface area contributed by atoms with E-state index in [1.807, 2.05) is 24.3 Å². The fourth-order valence-corrected chi connectivity index (χ4v) is 3.04. The molecule has 1 N–H and O–H groups in total. The number of nitrogens with one attached hydrogen (secondary N) is 1. The summed E-state index contributed by atoms with van der Waals surface area (Å²) in [7, 11) is 0. The normalized spacial score (nSPS) is 27.8. The molecule has 1 saturated heterocycles. The average Bonchev–Trinajstić information content (AvgIpc) is 2.49. The number of hydrogen-bond donors (Lipinski definition) is 1. The third kappa shape index (κ3) is 1.70. The van der Waals surface area contributed by atoms with Crippen molar-refractivity contribution in [3.05, 3.63) is 29.8 Å². The van der Waals surface area contributed by atoms with E-state index in [1.165, 1.54) is 6.42 Å². The van der Waals surface area contributed by atoms with Gasteiger partial charge in [-0.05, 0) is 38.3 Å². The van der Waals surface area contributed by atoms with Gasteiger partial charge >= 0.3 is 0 Å². The Morgan fingerprint density at radius 2 is 2.12 bits per heavy atom. The van der Waals surface area contributed by atoms with E-state index in [0.29, 0.717) is 12.1 Å². The molecule has 2 aliphatic heterocycles. The quantitative estimate of drug-likeness (QED) is 0.742. The molecular formula is C14H18N2O. The first-order valence-corrected chi connectivity index (χ1v) is 6.43. The molecule has 3 heteroatoms. The summed E-state index contributed by atoms with van der Waals surface area (Å²) < 4.78 is 0. The van der Waals surface area contributed by atoms with Crippen molar-refractivity contribution in [3.8, 4) is 0 Å².